The van der Waals surface area contributed by atoms with Gasteiger partial charge in [0.25, 0.3) is 0 Å². The van der Waals surface area contributed by atoms with Crippen molar-refractivity contribution in [3.63, 3.8) is 0 Å². The first-order valence-corrected chi connectivity index (χ1v) is 29.8. The maximum absolute atomic E-state index is 12.8. The van der Waals surface area contributed by atoms with Crippen molar-refractivity contribution >= 4 is 17.9 Å². The molecule has 0 aliphatic rings. The van der Waals surface area contributed by atoms with Gasteiger partial charge in [0.1, 0.15) is 13.2 Å². The Kier molecular flexibility index (Phi) is 55.3. The Labute approximate surface area is 428 Å². The maximum Gasteiger partial charge on any atom is 0.306 e. The quantitative estimate of drug-likeness (QED) is 0.0262. The van der Waals surface area contributed by atoms with Gasteiger partial charge in [-0.25, -0.2) is 0 Å². The molecule has 0 heterocycles. The van der Waals surface area contributed by atoms with E-state index in [4.69, 9.17) is 14.2 Å². The zero-order valence-electron chi connectivity index (χ0n) is 45.8. The molecule has 0 aromatic heterocycles. The van der Waals surface area contributed by atoms with Crippen molar-refractivity contribution in [3.8, 4) is 0 Å². The van der Waals surface area contributed by atoms with Gasteiger partial charge in [-0.05, 0) is 57.8 Å². The molecule has 0 radical (unpaired) electrons. The van der Waals surface area contributed by atoms with Gasteiger partial charge >= 0.3 is 17.9 Å². The van der Waals surface area contributed by atoms with E-state index in [2.05, 4.69) is 81.5 Å². The van der Waals surface area contributed by atoms with Gasteiger partial charge < -0.3 is 14.2 Å². The topological polar surface area (TPSA) is 78.9 Å². The molecule has 0 rings (SSSR count). The second-order valence-corrected chi connectivity index (χ2v) is 19.9. The number of esters is 3. The zero-order valence-corrected chi connectivity index (χ0v) is 45.8. The number of unbranched alkanes of at least 4 members (excludes halogenated alkanes) is 33. The minimum absolute atomic E-state index is 0.0934. The lowest BCUT2D eigenvalue weighted by Crippen LogP contribution is -2.30. The highest BCUT2D eigenvalue weighted by atomic mass is 16.6. The number of allylic oxidation sites excluding steroid dienone is 10. The zero-order chi connectivity index (χ0) is 50.0. The van der Waals surface area contributed by atoms with E-state index in [1.54, 1.807) is 0 Å². The molecule has 69 heavy (non-hydrogen) atoms. The van der Waals surface area contributed by atoms with Crippen molar-refractivity contribution in [1.82, 2.24) is 0 Å². The molecule has 0 saturated carbocycles. The first-order chi connectivity index (χ1) is 34.0. The summed E-state index contributed by atoms with van der Waals surface area (Å²) >= 11 is 0. The lowest BCUT2D eigenvalue weighted by molar-refractivity contribution is -0.167. The number of hydrogen-bond donors (Lipinski definition) is 0. The third-order valence-electron chi connectivity index (χ3n) is 13.0. The van der Waals surface area contributed by atoms with Crippen LogP contribution in [-0.2, 0) is 28.6 Å². The van der Waals surface area contributed by atoms with Crippen LogP contribution in [0.5, 0.6) is 0 Å². The summed E-state index contributed by atoms with van der Waals surface area (Å²) in [7, 11) is 0. The van der Waals surface area contributed by atoms with Gasteiger partial charge in [-0.2, -0.15) is 0 Å². The van der Waals surface area contributed by atoms with Crippen molar-refractivity contribution < 1.29 is 28.6 Å². The summed E-state index contributed by atoms with van der Waals surface area (Å²) < 4.78 is 16.8. The Morgan fingerprint density at radius 2 is 0.565 bits per heavy atom. The monoisotopic (exact) mass is 965 g/mol. The summed E-state index contributed by atoms with van der Waals surface area (Å²) in [6.45, 7) is 6.48. The molecule has 6 heteroatoms. The van der Waals surface area contributed by atoms with Crippen molar-refractivity contribution in [2.24, 2.45) is 0 Å². The van der Waals surface area contributed by atoms with Gasteiger partial charge in [-0.15, -0.1) is 0 Å². The molecule has 0 bridgehead atoms. The van der Waals surface area contributed by atoms with Gasteiger partial charge in [0, 0.05) is 19.3 Å². The van der Waals surface area contributed by atoms with E-state index in [0.717, 1.165) is 77.0 Å². The predicted octanol–water partition coefficient (Wildman–Crippen LogP) is 20.0. The molecular formula is C63H112O6. The van der Waals surface area contributed by atoms with E-state index in [-0.39, 0.29) is 37.5 Å². The summed E-state index contributed by atoms with van der Waals surface area (Å²) in [6.07, 6.45) is 72.6. The molecular weight excluding hydrogens is 853 g/mol. The molecule has 6 nitrogen and oxygen atoms in total. The normalized spacial score (nSPS) is 12.4. The number of hydrogen-bond acceptors (Lipinski definition) is 6. The average molecular weight is 966 g/mol. The largest absolute Gasteiger partial charge is 0.462 e. The third-order valence-corrected chi connectivity index (χ3v) is 13.0. The molecule has 0 spiro atoms. The van der Waals surface area contributed by atoms with E-state index in [0.29, 0.717) is 19.3 Å². The smallest absolute Gasteiger partial charge is 0.306 e. The van der Waals surface area contributed by atoms with Crippen LogP contribution in [0, 0.1) is 0 Å². The minimum Gasteiger partial charge on any atom is -0.462 e. The number of carbonyl (C=O) groups excluding carboxylic acids is 3. The second-order valence-electron chi connectivity index (χ2n) is 19.9. The Morgan fingerprint density at radius 1 is 0.304 bits per heavy atom. The highest BCUT2D eigenvalue weighted by Gasteiger charge is 2.19. The van der Waals surface area contributed by atoms with Gasteiger partial charge in [0.15, 0.2) is 6.10 Å². The molecule has 0 N–H and O–H groups in total. The number of carbonyl (C=O) groups is 3. The average Bonchev–Trinajstić information content (AvgIpc) is 3.35. The Bertz CT molecular complexity index is 1250. The summed E-state index contributed by atoms with van der Waals surface area (Å²) in [5.41, 5.74) is 0. The summed E-state index contributed by atoms with van der Waals surface area (Å²) in [5.74, 6) is -0.945. The van der Waals surface area contributed by atoms with Crippen LogP contribution in [-0.4, -0.2) is 37.2 Å². The van der Waals surface area contributed by atoms with Crippen LogP contribution in [0.15, 0.2) is 60.8 Å². The van der Waals surface area contributed by atoms with Crippen LogP contribution in [0.4, 0.5) is 0 Å². The number of rotatable bonds is 54. The highest BCUT2D eigenvalue weighted by Crippen LogP contribution is 2.17. The van der Waals surface area contributed by atoms with Crippen LogP contribution in [0.25, 0.3) is 0 Å². The SMILES string of the molecule is CC/C=C\C/C=C\C/C=C\C/C=C\C/C=C\CCCC(=O)OC(COC(=O)CCCCCCCCCC)COC(=O)CCCCCCCCCCCCCCCCCCCCCCCCCCCC. The third kappa shape index (κ3) is 55.9. The van der Waals surface area contributed by atoms with Gasteiger partial charge in [-0.1, -0.05) is 287 Å². The summed E-state index contributed by atoms with van der Waals surface area (Å²) in [5, 5.41) is 0. The lowest BCUT2D eigenvalue weighted by Gasteiger charge is -2.18. The van der Waals surface area contributed by atoms with Crippen LogP contribution < -0.4 is 0 Å². The van der Waals surface area contributed by atoms with E-state index in [1.165, 1.54) is 180 Å². The summed E-state index contributed by atoms with van der Waals surface area (Å²) in [4.78, 5) is 38.0. The Hall–Kier alpha value is -2.89. The van der Waals surface area contributed by atoms with E-state index in [1.807, 2.05) is 0 Å². The van der Waals surface area contributed by atoms with Crippen molar-refractivity contribution in [2.75, 3.05) is 13.2 Å². The second kappa shape index (κ2) is 57.7. The fraction of sp³-hybridized carbons (Fsp3) is 0.794. The van der Waals surface area contributed by atoms with E-state index >= 15 is 0 Å². The van der Waals surface area contributed by atoms with Gasteiger partial charge in [-0.3, -0.25) is 14.4 Å². The van der Waals surface area contributed by atoms with E-state index in [9.17, 15) is 14.4 Å². The fourth-order valence-electron chi connectivity index (χ4n) is 8.60. The molecule has 0 amide bonds. The van der Waals surface area contributed by atoms with E-state index < -0.39 is 6.10 Å². The van der Waals surface area contributed by atoms with Gasteiger partial charge in [0.2, 0.25) is 0 Å². The summed E-state index contributed by atoms with van der Waals surface area (Å²) in [6, 6.07) is 0. The molecule has 0 aromatic carbocycles. The van der Waals surface area contributed by atoms with Crippen LogP contribution in [0.1, 0.15) is 303 Å². The fourth-order valence-corrected chi connectivity index (χ4v) is 8.60. The van der Waals surface area contributed by atoms with Gasteiger partial charge in [0.05, 0.1) is 0 Å². The van der Waals surface area contributed by atoms with Crippen LogP contribution >= 0.6 is 0 Å². The molecule has 1 unspecified atom stereocenters. The van der Waals surface area contributed by atoms with Crippen molar-refractivity contribution in [2.45, 2.75) is 309 Å². The molecule has 0 fully saturated rings. The van der Waals surface area contributed by atoms with Crippen LogP contribution in [0.3, 0.4) is 0 Å². The van der Waals surface area contributed by atoms with Crippen molar-refractivity contribution in [3.05, 3.63) is 60.8 Å². The van der Waals surface area contributed by atoms with Crippen molar-refractivity contribution in [1.29, 1.82) is 0 Å². The molecule has 0 saturated heterocycles. The lowest BCUT2D eigenvalue weighted by atomic mass is 10.0. The predicted molar refractivity (Wildman–Crippen MR) is 298 cm³/mol. The minimum atomic E-state index is -0.799. The molecule has 0 aliphatic carbocycles. The first kappa shape index (κ1) is 66.1. The highest BCUT2D eigenvalue weighted by molar-refractivity contribution is 5.71. The molecule has 1 atom stereocenters. The first-order valence-electron chi connectivity index (χ1n) is 29.8. The maximum atomic E-state index is 12.8. The van der Waals surface area contributed by atoms with Crippen LogP contribution in [0.2, 0.25) is 0 Å². The number of ether oxygens (including phenoxy) is 3. The molecule has 0 aliphatic heterocycles. The Balaban J connectivity index is 4.18. The standard InChI is InChI=1S/C63H112O6/c1-4-7-10-13-16-19-21-23-25-27-28-29-30-31-32-33-34-35-37-38-40-42-44-47-50-53-56-62(65)68-59-60(58-67-61(64)55-52-49-46-18-15-12-9-6-3)69-63(66)57-54-51-48-45-43-41-39-36-26-24-22-20-17-14-11-8-5-2/h8,11,17,20,24,26,39,41,45,48,60H,4-7,9-10,12-16,18-19,21-23,25,27-38,40,42-44,46-47,49-59H2,1-3H3/b11-8-,20-17-,26-24-,41-39-,48-45-. The Morgan fingerprint density at radius 3 is 0.870 bits per heavy atom. The molecule has 400 valence electrons. The molecule has 0 aromatic rings.